The SMILES string of the molecule is Cc1ccc2[nH]c(=O)c(CN(C[C@H]3CCCO3)[C@@H](c3nnnn3Cc3ccco3)C(C)C)cc2c1. The third kappa shape index (κ3) is 5.21. The minimum absolute atomic E-state index is 0.0728. The van der Waals surface area contributed by atoms with Gasteiger partial charge in [-0.3, -0.25) is 9.69 Å². The maximum Gasteiger partial charge on any atom is 0.252 e. The number of hydrogen-bond donors (Lipinski definition) is 1. The van der Waals surface area contributed by atoms with Crippen LogP contribution < -0.4 is 5.56 Å². The summed E-state index contributed by atoms with van der Waals surface area (Å²) in [4.78, 5) is 18.4. The van der Waals surface area contributed by atoms with Crippen LogP contribution in [-0.2, 0) is 17.8 Å². The quantitative estimate of drug-likeness (QED) is 0.391. The van der Waals surface area contributed by atoms with Crippen LogP contribution in [0.25, 0.3) is 10.9 Å². The van der Waals surface area contributed by atoms with E-state index in [2.05, 4.69) is 52.2 Å². The number of nitrogens with zero attached hydrogens (tertiary/aromatic N) is 5. The average Bonchev–Trinajstić information content (AvgIpc) is 3.59. The van der Waals surface area contributed by atoms with Crippen LogP contribution in [-0.4, -0.2) is 49.3 Å². The molecule has 9 nitrogen and oxygen atoms in total. The summed E-state index contributed by atoms with van der Waals surface area (Å²) < 4.78 is 13.3. The minimum atomic E-state index is -0.114. The number of H-pyrrole nitrogens is 1. The molecule has 9 heteroatoms. The summed E-state index contributed by atoms with van der Waals surface area (Å²) in [6.45, 7) is 8.76. The highest BCUT2D eigenvalue weighted by atomic mass is 16.5. The normalized spacial score (nSPS) is 17.1. The van der Waals surface area contributed by atoms with E-state index in [-0.39, 0.29) is 23.6 Å². The summed E-state index contributed by atoms with van der Waals surface area (Å²) in [7, 11) is 0. The summed E-state index contributed by atoms with van der Waals surface area (Å²) in [5.74, 6) is 1.73. The number of aromatic nitrogens is 5. The lowest BCUT2D eigenvalue weighted by atomic mass is 9.99. The highest BCUT2D eigenvalue weighted by molar-refractivity contribution is 5.79. The van der Waals surface area contributed by atoms with Crippen molar-refractivity contribution in [3.05, 3.63) is 75.7 Å². The first-order valence-corrected chi connectivity index (χ1v) is 12.2. The number of nitrogens with one attached hydrogen (secondary N) is 1. The summed E-state index contributed by atoms with van der Waals surface area (Å²) in [5, 5.41) is 13.7. The van der Waals surface area contributed by atoms with Crippen LogP contribution in [0.15, 0.2) is 51.9 Å². The third-order valence-electron chi connectivity index (χ3n) is 6.65. The van der Waals surface area contributed by atoms with Crippen LogP contribution in [0.5, 0.6) is 0 Å². The lowest BCUT2D eigenvalue weighted by Gasteiger charge is -2.35. The number of tetrazole rings is 1. The van der Waals surface area contributed by atoms with E-state index in [1.165, 1.54) is 0 Å². The number of ether oxygens (including phenoxy) is 1. The Kier molecular flexibility index (Phi) is 6.79. The van der Waals surface area contributed by atoms with Gasteiger partial charge in [0.1, 0.15) is 12.3 Å². The van der Waals surface area contributed by atoms with Crippen molar-refractivity contribution >= 4 is 10.9 Å². The maximum atomic E-state index is 13.1. The molecule has 1 aliphatic rings. The van der Waals surface area contributed by atoms with E-state index in [9.17, 15) is 4.79 Å². The van der Waals surface area contributed by atoms with Crippen molar-refractivity contribution in [2.24, 2.45) is 5.92 Å². The Morgan fingerprint density at radius 1 is 1.26 bits per heavy atom. The van der Waals surface area contributed by atoms with Crippen molar-refractivity contribution in [2.75, 3.05) is 13.2 Å². The molecule has 0 unspecified atom stereocenters. The first kappa shape index (κ1) is 23.4. The molecule has 0 amide bonds. The molecular formula is C26H32N6O3. The molecule has 0 bridgehead atoms. The lowest BCUT2D eigenvalue weighted by Crippen LogP contribution is -2.40. The number of aryl methyl sites for hydroxylation is 1. The van der Waals surface area contributed by atoms with E-state index in [4.69, 9.17) is 9.15 Å². The molecule has 1 aliphatic heterocycles. The van der Waals surface area contributed by atoms with Gasteiger partial charge in [0.15, 0.2) is 5.82 Å². The highest BCUT2D eigenvalue weighted by Gasteiger charge is 2.32. The van der Waals surface area contributed by atoms with Crippen molar-refractivity contribution in [1.29, 1.82) is 0 Å². The summed E-state index contributed by atoms with van der Waals surface area (Å²) in [5.41, 5.74) is 2.65. The second-order valence-corrected chi connectivity index (χ2v) is 9.74. The summed E-state index contributed by atoms with van der Waals surface area (Å²) >= 11 is 0. The van der Waals surface area contributed by atoms with Crippen LogP contribution in [0, 0.1) is 12.8 Å². The predicted octanol–water partition coefficient (Wildman–Crippen LogP) is 3.84. The average molecular weight is 477 g/mol. The van der Waals surface area contributed by atoms with Gasteiger partial charge in [-0.2, -0.15) is 0 Å². The molecule has 184 valence electrons. The molecule has 1 aromatic carbocycles. The Bertz CT molecular complexity index is 1320. The van der Waals surface area contributed by atoms with Crippen LogP contribution in [0.3, 0.4) is 0 Å². The van der Waals surface area contributed by atoms with Crippen LogP contribution in [0.1, 0.15) is 55.4 Å². The largest absolute Gasteiger partial charge is 0.467 e. The number of aromatic amines is 1. The van der Waals surface area contributed by atoms with E-state index in [1.807, 2.05) is 30.3 Å². The number of furan rings is 1. The molecule has 35 heavy (non-hydrogen) atoms. The fourth-order valence-electron chi connectivity index (χ4n) is 5.00. The van der Waals surface area contributed by atoms with E-state index in [0.29, 0.717) is 19.6 Å². The van der Waals surface area contributed by atoms with Crippen molar-refractivity contribution in [3.63, 3.8) is 0 Å². The zero-order valence-electron chi connectivity index (χ0n) is 20.5. The van der Waals surface area contributed by atoms with Crippen molar-refractivity contribution in [2.45, 2.75) is 58.8 Å². The van der Waals surface area contributed by atoms with Gasteiger partial charge in [0.05, 0.1) is 18.4 Å². The number of benzene rings is 1. The highest BCUT2D eigenvalue weighted by Crippen LogP contribution is 2.30. The zero-order chi connectivity index (χ0) is 24.4. The maximum absolute atomic E-state index is 13.1. The molecule has 0 saturated carbocycles. The predicted molar refractivity (Wildman–Crippen MR) is 132 cm³/mol. The smallest absolute Gasteiger partial charge is 0.252 e. The molecule has 0 radical (unpaired) electrons. The monoisotopic (exact) mass is 476 g/mol. The van der Waals surface area contributed by atoms with Gasteiger partial charge in [0.2, 0.25) is 0 Å². The summed E-state index contributed by atoms with van der Waals surface area (Å²) in [6.07, 6.45) is 3.83. The molecular weight excluding hydrogens is 444 g/mol. The topological polar surface area (TPSA) is 102 Å². The van der Waals surface area contributed by atoms with Gasteiger partial charge in [-0.25, -0.2) is 4.68 Å². The van der Waals surface area contributed by atoms with E-state index < -0.39 is 0 Å². The standard InChI is InChI=1S/C26H32N6O3/c1-17(2)24(25-28-29-30-32(25)16-22-7-5-11-35-22)31(15-21-6-4-10-34-21)14-20-13-19-12-18(3)8-9-23(19)27-26(20)33/h5,7-9,11-13,17,21,24H,4,6,10,14-16H2,1-3H3,(H,27,33)/t21-,24-/m1/s1. The Morgan fingerprint density at radius 2 is 2.14 bits per heavy atom. The van der Waals surface area contributed by atoms with Gasteiger partial charge < -0.3 is 14.1 Å². The Morgan fingerprint density at radius 3 is 2.89 bits per heavy atom. The minimum Gasteiger partial charge on any atom is -0.467 e. The summed E-state index contributed by atoms with van der Waals surface area (Å²) in [6, 6.07) is 11.7. The Hall–Kier alpha value is -3.30. The number of hydrogen-bond acceptors (Lipinski definition) is 7. The van der Waals surface area contributed by atoms with Gasteiger partial charge in [-0.15, -0.1) is 5.10 Å². The van der Waals surface area contributed by atoms with Gasteiger partial charge in [0, 0.05) is 30.8 Å². The number of pyridine rings is 1. The fourth-order valence-corrected chi connectivity index (χ4v) is 5.00. The molecule has 5 rings (SSSR count). The molecule has 4 heterocycles. The molecule has 0 aliphatic carbocycles. The lowest BCUT2D eigenvalue weighted by molar-refractivity contribution is 0.0384. The van der Waals surface area contributed by atoms with Crippen molar-refractivity contribution in [3.8, 4) is 0 Å². The first-order chi connectivity index (χ1) is 17.0. The first-order valence-electron chi connectivity index (χ1n) is 12.2. The Labute approximate surface area is 204 Å². The van der Waals surface area contributed by atoms with E-state index in [0.717, 1.165) is 53.1 Å². The number of rotatable bonds is 9. The molecule has 1 saturated heterocycles. The third-order valence-corrected chi connectivity index (χ3v) is 6.65. The van der Waals surface area contributed by atoms with Gasteiger partial charge in [-0.05, 0) is 71.8 Å². The molecule has 2 atom stereocenters. The second kappa shape index (κ2) is 10.1. The molecule has 0 spiro atoms. The fraction of sp³-hybridized carbons (Fsp3) is 0.462. The van der Waals surface area contributed by atoms with Gasteiger partial charge in [0.25, 0.3) is 5.56 Å². The van der Waals surface area contributed by atoms with E-state index >= 15 is 0 Å². The van der Waals surface area contributed by atoms with Gasteiger partial charge in [-0.1, -0.05) is 25.5 Å². The van der Waals surface area contributed by atoms with Gasteiger partial charge >= 0.3 is 0 Å². The number of fused-ring (bicyclic) bond motifs is 1. The van der Waals surface area contributed by atoms with Crippen molar-refractivity contribution in [1.82, 2.24) is 30.1 Å². The van der Waals surface area contributed by atoms with Crippen molar-refractivity contribution < 1.29 is 9.15 Å². The molecule has 1 fully saturated rings. The van der Waals surface area contributed by atoms with Crippen LogP contribution in [0.4, 0.5) is 0 Å². The zero-order valence-corrected chi connectivity index (χ0v) is 20.5. The molecule has 3 aromatic heterocycles. The molecule has 1 N–H and O–H groups in total. The molecule has 4 aromatic rings. The Balaban J connectivity index is 1.51. The van der Waals surface area contributed by atoms with Crippen LogP contribution in [0.2, 0.25) is 0 Å². The second-order valence-electron chi connectivity index (χ2n) is 9.74. The van der Waals surface area contributed by atoms with E-state index in [1.54, 1.807) is 10.9 Å². The van der Waals surface area contributed by atoms with Crippen LogP contribution >= 0.6 is 0 Å².